The molecule has 6 rings (SSSR count). The van der Waals surface area contributed by atoms with Gasteiger partial charge in [0.25, 0.3) is 0 Å². The van der Waals surface area contributed by atoms with Gasteiger partial charge in [-0.1, -0.05) is 100 Å². The lowest BCUT2D eigenvalue weighted by Crippen LogP contribution is -2.62. The molecule has 0 bridgehead atoms. The van der Waals surface area contributed by atoms with Crippen molar-refractivity contribution in [3.8, 4) is 0 Å². The van der Waals surface area contributed by atoms with E-state index >= 15 is 0 Å². The highest BCUT2D eigenvalue weighted by Gasteiger charge is 2.37. The van der Waals surface area contributed by atoms with Crippen LogP contribution in [-0.4, -0.2) is 114 Å². The van der Waals surface area contributed by atoms with E-state index < -0.39 is 132 Å². The molecule has 0 saturated carbocycles. The number of hydrogen-bond donors (Lipinski definition) is 8. The predicted octanol–water partition coefficient (Wildman–Crippen LogP) is 3.48. The molecule has 4 aromatic carbocycles. The number of halogens is 2. The van der Waals surface area contributed by atoms with E-state index in [9.17, 15) is 51.9 Å². The number of carbonyl (C=O) groups is 9. The van der Waals surface area contributed by atoms with Crippen molar-refractivity contribution in [1.82, 2.24) is 42.2 Å². The normalized spacial score (nSPS) is 21.4. The second kappa shape index (κ2) is 27.7. The van der Waals surface area contributed by atoms with Gasteiger partial charge in [-0.3, -0.25) is 33.6 Å². The van der Waals surface area contributed by atoms with Crippen LogP contribution in [-0.2, 0) is 65.5 Å². The molecule has 0 spiro atoms. The Hall–Kier alpha value is -9.01. The minimum Gasteiger partial charge on any atom is -0.460 e. The van der Waals surface area contributed by atoms with Crippen molar-refractivity contribution in [3.63, 3.8) is 0 Å². The number of nitrogens with one attached hydrogen (secondary N) is 8. The molecule has 21 heteroatoms. The largest absolute Gasteiger partial charge is 0.460 e. The second-order valence-corrected chi connectivity index (χ2v) is 19.2. The van der Waals surface area contributed by atoms with Crippen molar-refractivity contribution in [2.45, 2.75) is 89.8 Å². The highest BCUT2D eigenvalue weighted by atomic mass is 19.1. The quantitative estimate of drug-likeness (QED) is 0.0589. The van der Waals surface area contributed by atoms with Gasteiger partial charge in [-0.05, 0) is 83.5 Å². The molecule has 0 aliphatic carbocycles. The molecule has 7 amide bonds. The van der Waals surface area contributed by atoms with Crippen LogP contribution in [0.15, 0.2) is 121 Å². The van der Waals surface area contributed by atoms with Gasteiger partial charge in [-0.2, -0.15) is 0 Å². The Bertz CT molecular complexity index is 3020. The molecule has 1 aromatic heterocycles. The molecular weight excluding hydrogens is 1010 g/mol. The molecule has 19 nitrogen and oxygen atoms in total. The van der Waals surface area contributed by atoms with Gasteiger partial charge in [0.15, 0.2) is 0 Å². The van der Waals surface area contributed by atoms with E-state index in [2.05, 4.69) is 42.2 Å². The number of carbonyl (C=O) groups excluding carboxylic acids is 9. The van der Waals surface area contributed by atoms with E-state index in [1.54, 1.807) is 88.5 Å². The first-order chi connectivity index (χ1) is 37.2. The number of amides is 7. The lowest BCUT2D eigenvalue weighted by atomic mass is 9.99. The molecule has 1 saturated heterocycles. The lowest BCUT2D eigenvalue weighted by Gasteiger charge is -2.29. The van der Waals surface area contributed by atoms with E-state index in [0.717, 1.165) is 12.2 Å². The Labute approximate surface area is 448 Å². The molecular formula is C57H62F2N8O11. The molecule has 5 aromatic rings. The number of rotatable bonds is 14. The third-order valence-electron chi connectivity index (χ3n) is 12.5. The average Bonchev–Trinajstić information content (AvgIpc) is 3.83. The monoisotopic (exact) mass is 1070 g/mol. The molecule has 1 aliphatic heterocycles. The fourth-order valence-electron chi connectivity index (χ4n) is 8.11. The Morgan fingerprint density at radius 3 is 1.46 bits per heavy atom. The number of benzene rings is 4. The van der Waals surface area contributed by atoms with E-state index in [0.29, 0.717) is 33.2 Å². The fourth-order valence-corrected chi connectivity index (χ4v) is 8.11. The zero-order chi connectivity index (χ0) is 56.5. The fraction of sp³-hybridized carbons (Fsp3) is 0.316. The number of aromatic nitrogens is 1. The van der Waals surface area contributed by atoms with Crippen LogP contribution >= 0.6 is 0 Å². The first kappa shape index (κ1) is 58.3. The highest BCUT2D eigenvalue weighted by molar-refractivity contribution is 5.99. The number of esters is 2. The smallest absolute Gasteiger partial charge is 0.330 e. The summed E-state index contributed by atoms with van der Waals surface area (Å²) >= 11 is 0. The molecule has 7 atom stereocenters. The van der Waals surface area contributed by atoms with Crippen LogP contribution in [0.1, 0.15) is 56.9 Å². The van der Waals surface area contributed by atoms with Crippen LogP contribution in [0.2, 0.25) is 0 Å². The predicted molar refractivity (Wildman–Crippen MR) is 284 cm³/mol. The van der Waals surface area contributed by atoms with Gasteiger partial charge >= 0.3 is 11.9 Å². The number of H-pyrrole nitrogens is 1. The summed E-state index contributed by atoms with van der Waals surface area (Å²) in [5, 5.41) is 18.9. The molecule has 410 valence electrons. The maximum Gasteiger partial charge on any atom is 0.330 e. The zero-order valence-electron chi connectivity index (χ0n) is 43.5. The summed E-state index contributed by atoms with van der Waals surface area (Å²) in [6.45, 7) is 6.16. The van der Waals surface area contributed by atoms with E-state index in [-0.39, 0.29) is 12.8 Å². The van der Waals surface area contributed by atoms with Gasteiger partial charge in [-0.25, -0.2) is 18.4 Å². The molecule has 8 N–H and O–H groups in total. The van der Waals surface area contributed by atoms with Crippen molar-refractivity contribution in [3.05, 3.63) is 155 Å². The Morgan fingerprint density at radius 1 is 0.500 bits per heavy atom. The Morgan fingerprint density at radius 2 is 0.923 bits per heavy atom. The van der Waals surface area contributed by atoms with Crippen molar-refractivity contribution >= 4 is 76.3 Å². The maximum atomic E-state index is 14.7. The van der Waals surface area contributed by atoms with E-state index in [4.69, 9.17) is 9.47 Å². The third-order valence-corrected chi connectivity index (χ3v) is 12.5. The molecule has 1 fully saturated rings. The summed E-state index contributed by atoms with van der Waals surface area (Å²) in [5.41, 5.74) is 2.66. The van der Waals surface area contributed by atoms with Gasteiger partial charge in [0.1, 0.15) is 67.1 Å². The molecule has 1 aliphatic rings. The summed E-state index contributed by atoms with van der Waals surface area (Å²) in [6, 6.07) is 15.5. The number of fused-ring (bicyclic) bond motifs is 1. The van der Waals surface area contributed by atoms with Crippen molar-refractivity contribution in [2.75, 3.05) is 13.2 Å². The van der Waals surface area contributed by atoms with Gasteiger partial charge in [-0.15, -0.1) is 0 Å². The molecule has 2 heterocycles. The van der Waals surface area contributed by atoms with Crippen molar-refractivity contribution in [1.29, 1.82) is 0 Å². The van der Waals surface area contributed by atoms with Crippen LogP contribution in [0.25, 0.3) is 23.1 Å². The van der Waals surface area contributed by atoms with Crippen LogP contribution in [0.4, 0.5) is 8.78 Å². The SMILES string of the molecule is CC(C)[C@H]1NC(=O)[C@H](Cc2ccccc2)NC(=O)[C@@H](C(C)C)NC(=O)[C@@H](C)NC(=O)[C@H](COC(=O)/C=C/c2ccc(F)cc2)NC(=O)[C@@H](Cc2c[nH]c3ccccc23)NC(=O)[C@@H](COC(=O)/C=C/c2ccc(F)cc2)NC1=O. The van der Waals surface area contributed by atoms with Gasteiger partial charge in [0.05, 0.1) is 0 Å². The maximum absolute atomic E-state index is 14.7. The average molecular weight is 1070 g/mol. The number of hydrogen-bond acceptors (Lipinski definition) is 11. The number of para-hydroxylation sites is 1. The molecule has 0 unspecified atom stereocenters. The third kappa shape index (κ3) is 17.0. The van der Waals surface area contributed by atoms with Crippen molar-refractivity contribution in [2.24, 2.45) is 11.8 Å². The minimum atomic E-state index is -1.77. The summed E-state index contributed by atoms with van der Waals surface area (Å²) < 4.78 is 38.0. The minimum absolute atomic E-state index is 0.0741. The van der Waals surface area contributed by atoms with Crippen LogP contribution < -0.4 is 37.2 Å². The topological polar surface area (TPSA) is 272 Å². The van der Waals surface area contributed by atoms with E-state index in [1.807, 2.05) is 0 Å². The van der Waals surface area contributed by atoms with Gasteiger partial charge in [0.2, 0.25) is 41.4 Å². The first-order valence-corrected chi connectivity index (χ1v) is 25.2. The van der Waals surface area contributed by atoms with E-state index in [1.165, 1.54) is 67.6 Å². The summed E-state index contributed by atoms with van der Waals surface area (Å²) in [7, 11) is 0. The summed E-state index contributed by atoms with van der Waals surface area (Å²) in [5.74, 6) is -10.8. The van der Waals surface area contributed by atoms with Gasteiger partial charge in [0, 0.05) is 42.1 Å². The Kier molecular flexibility index (Phi) is 20.7. The standard InChI is InChI=1S/C57H62F2N8O11/c1-32(2)49-56(75)63-43(27-37-11-7-6-8-12-37)53(72)67-50(33(3)4)57(76)65-46(31-78-48(69)26-20-36-17-23-40(59)24-18-36)55(74)62-44(28-38-29-60-42-14-10-9-13-41(38)42)52(71)64-45(54(73)61-34(5)51(70)66-49)30-77-47(68)25-19-35-15-21-39(58)22-16-35/h6-26,29,32-34,43-46,49-50,60H,27-28,30-31H2,1-5H3,(H,61,73)(H,62,74)(H,63,75)(H,64,71)(H,65,76)(H,66,70)(H,67,72)/b25-19+,26-20+/t34-,43+,44-,45+,46-,49-,50-/m1/s1. The first-order valence-electron chi connectivity index (χ1n) is 25.2. The summed E-state index contributed by atoms with van der Waals surface area (Å²) in [4.78, 5) is 130. The van der Waals surface area contributed by atoms with Gasteiger partial charge < -0.3 is 51.7 Å². The number of aromatic amines is 1. The zero-order valence-corrected chi connectivity index (χ0v) is 43.5. The van der Waals surface area contributed by atoms with Crippen LogP contribution in [0, 0.1) is 23.5 Å². The molecule has 78 heavy (non-hydrogen) atoms. The lowest BCUT2D eigenvalue weighted by molar-refractivity contribution is -0.143. The number of ether oxygens (including phenoxy) is 2. The molecule has 0 radical (unpaired) electrons. The summed E-state index contributed by atoms with van der Waals surface area (Å²) in [6.07, 6.45) is 5.93. The second-order valence-electron chi connectivity index (χ2n) is 19.2. The van der Waals surface area contributed by atoms with Crippen molar-refractivity contribution < 1.29 is 61.4 Å². The van der Waals surface area contributed by atoms with Crippen LogP contribution in [0.3, 0.4) is 0 Å². The highest BCUT2D eigenvalue weighted by Crippen LogP contribution is 2.20. The Balaban J connectivity index is 1.39. The van der Waals surface area contributed by atoms with Crippen LogP contribution in [0.5, 0.6) is 0 Å².